The lowest BCUT2D eigenvalue weighted by molar-refractivity contribution is -0.120. The predicted octanol–water partition coefficient (Wildman–Crippen LogP) is 5.89. The molecule has 3 aromatic carbocycles. The van der Waals surface area contributed by atoms with Crippen LogP contribution in [0.25, 0.3) is 0 Å². The van der Waals surface area contributed by atoms with E-state index < -0.39 is 5.91 Å². The van der Waals surface area contributed by atoms with Crippen molar-refractivity contribution in [2.45, 2.75) is 18.2 Å². The number of hydrogen-bond donors (Lipinski definition) is 1. The molecule has 2 amide bonds. The normalized spacial score (nSPS) is 13.9. The van der Waals surface area contributed by atoms with Crippen molar-refractivity contribution >= 4 is 46.6 Å². The molecule has 150 valence electrons. The molecule has 1 N–H and O–H groups in total. The summed E-state index contributed by atoms with van der Waals surface area (Å²) in [5, 5.41) is 3.63. The largest absolute Gasteiger partial charge is 0.350 e. The van der Waals surface area contributed by atoms with Crippen molar-refractivity contribution in [3.05, 3.63) is 100 Å². The van der Waals surface area contributed by atoms with E-state index in [1.54, 1.807) is 24.3 Å². The zero-order chi connectivity index (χ0) is 21.1. The molecule has 4 rings (SSSR count). The molecule has 1 heterocycles. The molecule has 0 bridgehead atoms. The number of nitrogens with one attached hydrogen (secondary N) is 1. The number of nitrogens with zero attached hydrogens (tertiary/aromatic N) is 1. The summed E-state index contributed by atoms with van der Waals surface area (Å²) >= 11 is 7.37. The summed E-state index contributed by atoms with van der Waals surface area (Å²) in [4.78, 5) is 29.0. The summed E-state index contributed by atoms with van der Waals surface area (Å²) in [5.74, 6) is -0.774. The van der Waals surface area contributed by atoms with Gasteiger partial charge in [-0.3, -0.25) is 9.59 Å². The maximum Gasteiger partial charge on any atom is 0.283 e. The van der Waals surface area contributed by atoms with Gasteiger partial charge in [-0.05, 0) is 54.4 Å². The number of carbonyl (C=O) groups excluding carboxylic acids is 2. The highest BCUT2D eigenvalue weighted by atomic mass is 35.5. The SMILES string of the molecule is CCc1ccc(NC2=C(Sc3ccccc3)C(=O)N(c3cccc(Cl)c3)C2=O)cc1. The summed E-state index contributed by atoms with van der Waals surface area (Å²) in [7, 11) is 0. The second-order valence-electron chi connectivity index (χ2n) is 6.72. The second kappa shape index (κ2) is 8.78. The number of rotatable bonds is 6. The maximum absolute atomic E-state index is 13.3. The average Bonchev–Trinajstić information content (AvgIpc) is 2.99. The molecule has 0 saturated carbocycles. The molecule has 30 heavy (non-hydrogen) atoms. The van der Waals surface area contributed by atoms with Gasteiger partial charge in [-0.2, -0.15) is 0 Å². The lowest BCUT2D eigenvalue weighted by atomic mass is 10.1. The Balaban J connectivity index is 1.73. The summed E-state index contributed by atoms with van der Waals surface area (Å²) in [6.45, 7) is 2.08. The number of imide groups is 1. The molecule has 0 spiro atoms. The highest BCUT2D eigenvalue weighted by Gasteiger charge is 2.40. The van der Waals surface area contributed by atoms with Gasteiger partial charge in [-0.15, -0.1) is 0 Å². The van der Waals surface area contributed by atoms with E-state index in [0.717, 1.165) is 17.0 Å². The van der Waals surface area contributed by atoms with Crippen LogP contribution in [0.5, 0.6) is 0 Å². The molecule has 0 saturated heterocycles. The fourth-order valence-electron chi connectivity index (χ4n) is 3.14. The lowest BCUT2D eigenvalue weighted by Gasteiger charge is -2.15. The van der Waals surface area contributed by atoms with Gasteiger partial charge < -0.3 is 5.32 Å². The van der Waals surface area contributed by atoms with Crippen molar-refractivity contribution in [2.75, 3.05) is 10.2 Å². The Labute approximate surface area is 184 Å². The number of anilines is 2. The van der Waals surface area contributed by atoms with Gasteiger partial charge in [-0.25, -0.2) is 4.90 Å². The number of aryl methyl sites for hydroxylation is 1. The zero-order valence-electron chi connectivity index (χ0n) is 16.3. The predicted molar refractivity (Wildman–Crippen MR) is 123 cm³/mol. The molecule has 0 aromatic heterocycles. The fraction of sp³-hybridized carbons (Fsp3) is 0.0833. The molecular weight excluding hydrogens is 416 g/mol. The summed E-state index contributed by atoms with van der Waals surface area (Å²) < 4.78 is 0. The molecule has 1 aliphatic heterocycles. The minimum Gasteiger partial charge on any atom is -0.350 e. The minimum absolute atomic E-state index is 0.262. The minimum atomic E-state index is -0.403. The standard InChI is InChI=1S/C24H19ClN2O2S/c1-2-16-11-13-18(14-12-16)26-21-22(30-20-9-4-3-5-10-20)24(29)27(23(21)28)19-8-6-7-17(25)15-19/h3-15,26H,2H2,1H3. The number of carbonyl (C=O) groups is 2. The van der Waals surface area contributed by atoms with Crippen LogP contribution in [0.15, 0.2) is 94.4 Å². The van der Waals surface area contributed by atoms with Crippen molar-refractivity contribution in [1.82, 2.24) is 0 Å². The third-order valence-electron chi connectivity index (χ3n) is 4.70. The van der Waals surface area contributed by atoms with Gasteiger partial charge in [0.05, 0.1) is 5.69 Å². The van der Waals surface area contributed by atoms with Crippen molar-refractivity contribution < 1.29 is 9.59 Å². The Morgan fingerprint density at radius 3 is 2.30 bits per heavy atom. The number of halogens is 1. The van der Waals surface area contributed by atoms with Crippen molar-refractivity contribution in [2.24, 2.45) is 0 Å². The van der Waals surface area contributed by atoms with Crippen LogP contribution in [0.3, 0.4) is 0 Å². The van der Waals surface area contributed by atoms with E-state index in [4.69, 9.17) is 11.6 Å². The quantitative estimate of drug-likeness (QED) is 0.491. The van der Waals surface area contributed by atoms with Gasteiger partial charge in [-0.1, -0.05) is 66.7 Å². The molecule has 4 nitrogen and oxygen atoms in total. The van der Waals surface area contributed by atoms with E-state index >= 15 is 0 Å². The van der Waals surface area contributed by atoms with E-state index in [1.165, 1.54) is 22.2 Å². The molecule has 3 aromatic rings. The van der Waals surface area contributed by atoms with Crippen LogP contribution in [-0.4, -0.2) is 11.8 Å². The second-order valence-corrected chi connectivity index (χ2v) is 8.24. The number of amides is 2. The summed E-state index contributed by atoms with van der Waals surface area (Å²) in [6, 6.07) is 24.1. The van der Waals surface area contributed by atoms with Gasteiger partial charge in [0, 0.05) is 15.6 Å². The first kappa shape index (κ1) is 20.3. The number of benzene rings is 3. The Morgan fingerprint density at radius 2 is 1.63 bits per heavy atom. The van der Waals surface area contributed by atoms with Crippen LogP contribution in [0.1, 0.15) is 12.5 Å². The van der Waals surface area contributed by atoms with Gasteiger partial charge in [0.15, 0.2) is 0 Å². The fourth-order valence-corrected chi connectivity index (χ4v) is 4.27. The Kier molecular flexibility index (Phi) is 5.93. The van der Waals surface area contributed by atoms with E-state index in [9.17, 15) is 9.59 Å². The monoisotopic (exact) mass is 434 g/mol. The van der Waals surface area contributed by atoms with Crippen LogP contribution in [0.4, 0.5) is 11.4 Å². The Hall–Kier alpha value is -3.02. The lowest BCUT2D eigenvalue weighted by Crippen LogP contribution is -2.32. The third kappa shape index (κ3) is 4.13. The molecule has 0 radical (unpaired) electrons. The van der Waals surface area contributed by atoms with Crippen LogP contribution < -0.4 is 10.2 Å². The molecule has 1 aliphatic rings. The average molecular weight is 435 g/mol. The van der Waals surface area contributed by atoms with Crippen LogP contribution in [0.2, 0.25) is 5.02 Å². The smallest absolute Gasteiger partial charge is 0.283 e. The van der Waals surface area contributed by atoms with E-state index in [2.05, 4.69) is 12.2 Å². The Bertz CT molecular complexity index is 1130. The van der Waals surface area contributed by atoms with E-state index in [-0.39, 0.29) is 11.6 Å². The summed E-state index contributed by atoms with van der Waals surface area (Å²) in [5.41, 5.74) is 2.66. The number of thioether (sulfide) groups is 1. The topological polar surface area (TPSA) is 49.4 Å². The van der Waals surface area contributed by atoms with E-state index in [1.807, 2.05) is 54.6 Å². The first-order chi connectivity index (χ1) is 14.6. The van der Waals surface area contributed by atoms with Crippen LogP contribution >= 0.6 is 23.4 Å². The zero-order valence-corrected chi connectivity index (χ0v) is 17.8. The highest BCUT2D eigenvalue weighted by molar-refractivity contribution is 8.04. The van der Waals surface area contributed by atoms with E-state index in [0.29, 0.717) is 15.6 Å². The van der Waals surface area contributed by atoms with Gasteiger partial charge in [0.25, 0.3) is 11.8 Å². The Morgan fingerprint density at radius 1 is 0.900 bits per heavy atom. The first-order valence-corrected chi connectivity index (χ1v) is 10.7. The van der Waals surface area contributed by atoms with Gasteiger partial charge >= 0.3 is 0 Å². The van der Waals surface area contributed by atoms with Crippen LogP contribution in [0, 0.1) is 0 Å². The number of hydrogen-bond acceptors (Lipinski definition) is 4. The van der Waals surface area contributed by atoms with Gasteiger partial charge in [0.1, 0.15) is 10.6 Å². The third-order valence-corrected chi connectivity index (χ3v) is 6.03. The molecule has 0 aliphatic carbocycles. The molecule has 0 unspecified atom stereocenters. The van der Waals surface area contributed by atoms with Crippen LogP contribution in [-0.2, 0) is 16.0 Å². The molecular formula is C24H19ClN2O2S. The van der Waals surface area contributed by atoms with Crippen molar-refractivity contribution in [3.63, 3.8) is 0 Å². The molecule has 0 fully saturated rings. The maximum atomic E-state index is 13.3. The summed E-state index contributed by atoms with van der Waals surface area (Å²) in [6.07, 6.45) is 0.929. The van der Waals surface area contributed by atoms with Crippen molar-refractivity contribution in [3.8, 4) is 0 Å². The first-order valence-electron chi connectivity index (χ1n) is 9.54. The van der Waals surface area contributed by atoms with Crippen molar-refractivity contribution in [1.29, 1.82) is 0 Å². The van der Waals surface area contributed by atoms with Gasteiger partial charge in [0.2, 0.25) is 0 Å². The molecule has 6 heteroatoms. The highest BCUT2D eigenvalue weighted by Crippen LogP contribution is 2.38. The molecule has 0 atom stereocenters.